The Morgan fingerprint density at radius 3 is 2.85 bits per heavy atom. The number of carbonyl (C=O) groups excluding carboxylic acids is 1. The molecule has 1 rings (SSSR count). The molecule has 1 saturated carbocycles. The van der Waals surface area contributed by atoms with E-state index in [9.17, 15) is 9.90 Å². The summed E-state index contributed by atoms with van der Waals surface area (Å²) in [5.74, 6) is -0.255. The fourth-order valence-corrected chi connectivity index (χ4v) is 3.07. The molecule has 0 saturated heterocycles. The van der Waals surface area contributed by atoms with Crippen LogP contribution in [-0.2, 0) is 9.53 Å². The van der Waals surface area contributed by atoms with E-state index in [0.717, 1.165) is 25.7 Å². The van der Waals surface area contributed by atoms with Gasteiger partial charge in [0.05, 0.1) is 13.2 Å². The van der Waals surface area contributed by atoms with E-state index in [1.807, 2.05) is 0 Å². The van der Waals surface area contributed by atoms with Crippen LogP contribution in [0.2, 0.25) is 0 Å². The Bertz CT molecular complexity index is 195. The van der Waals surface area contributed by atoms with Crippen molar-refractivity contribution in [3.63, 3.8) is 0 Å². The van der Waals surface area contributed by atoms with Crippen molar-refractivity contribution < 1.29 is 14.6 Å². The van der Waals surface area contributed by atoms with Gasteiger partial charge in [-0.05, 0) is 12.8 Å². The topological polar surface area (TPSA) is 46.5 Å². The van der Waals surface area contributed by atoms with E-state index < -0.39 is 11.5 Å². The summed E-state index contributed by atoms with van der Waals surface area (Å²) in [6.07, 6.45) is 2.97. The Balaban J connectivity index is 2.82. The quantitative estimate of drug-likeness (QED) is 0.477. The van der Waals surface area contributed by atoms with E-state index in [1.165, 1.54) is 7.11 Å². The number of hydrogen-bond acceptors (Lipinski definition) is 3. The van der Waals surface area contributed by atoms with Crippen molar-refractivity contribution in [2.24, 2.45) is 5.41 Å². The zero-order valence-electron chi connectivity index (χ0n) is 7.75. The lowest BCUT2D eigenvalue weighted by Crippen LogP contribution is -2.46. The molecule has 0 heterocycles. The van der Waals surface area contributed by atoms with E-state index in [2.05, 4.69) is 22.6 Å². The second-order valence-electron chi connectivity index (χ2n) is 3.54. The molecule has 0 aromatic carbocycles. The fraction of sp³-hybridized carbons (Fsp3) is 0.889. The molecule has 0 aromatic heterocycles. The van der Waals surface area contributed by atoms with Crippen LogP contribution in [0.1, 0.15) is 25.7 Å². The lowest BCUT2D eigenvalue weighted by molar-refractivity contribution is -0.161. The Morgan fingerprint density at radius 2 is 2.38 bits per heavy atom. The number of aliphatic hydroxyl groups is 1. The maximum absolute atomic E-state index is 11.5. The predicted molar refractivity (Wildman–Crippen MR) is 57.8 cm³/mol. The Hall–Kier alpha value is 0.160. The third-order valence-electron chi connectivity index (χ3n) is 2.82. The number of rotatable bonds is 2. The maximum atomic E-state index is 11.5. The number of esters is 1. The predicted octanol–water partition coefficient (Wildman–Crippen LogP) is 1.52. The first-order chi connectivity index (χ1) is 6.17. The van der Waals surface area contributed by atoms with E-state index >= 15 is 0 Å². The molecular formula is C9H15IO3. The number of ether oxygens (including phenoxy) is 1. The van der Waals surface area contributed by atoms with Gasteiger partial charge in [0.2, 0.25) is 0 Å². The molecule has 0 aliphatic heterocycles. The molecule has 2 atom stereocenters. The molecule has 0 amide bonds. The van der Waals surface area contributed by atoms with Gasteiger partial charge in [-0.1, -0.05) is 35.4 Å². The first kappa shape index (κ1) is 11.2. The van der Waals surface area contributed by atoms with Crippen LogP contribution in [-0.4, -0.2) is 28.7 Å². The minimum atomic E-state index is -0.631. The highest BCUT2D eigenvalue weighted by Gasteiger charge is 2.46. The molecule has 13 heavy (non-hydrogen) atoms. The Kier molecular flexibility index (Phi) is 3.97. The Labute approximate surface area is 92.0 Å². The zero-order valence-corrected chi connectivity index (χ0v) is 9.91. The second kappa shape index (κ2) is 4.59. The number of carbonyl (C=O) groups is 1. The SMILES string of the molecule is COC(=O)[C@@]1(CI)CCCC[C@H]1O. The molecule has 1 N–H and O–H groups in total. The second-order valence-corrected chi connectivity index (χ2v) is 4.31. The average molecular weight is 298 g/mol. The van der Waals surface area contributed by atoms with Gasteiger partial charge in [-0.15, -0.1) is 0 Å². The van der Waals surface area contributed by atoms with Crippen molar-refractivity contribution in [3.05, 3.63) is 0 Å². The number of hydrogen-bond donors (Lipinski definition) is 1. The molecule has 0 radical (unpaired) electrons. The highest BCUT2D eigenvalue weighted by Crippen LogP contribution is 2.39. The summed E-state index contributed by atoms with van der Waals surface area (Å²) in [4.78, 5) is 11.5. The molecule has 1 fully saturated rings. The highest BCUT2D eigenvalue weighted by molar-refractivity contribution is 14.1. The molecule has 1 aliphatic rings. The molecule has 76 valence electrons. The third-order valence-corrected chi connectivity index (χ3v) is 4.18. The summed E-state index contributed by atoms with van der Waals surface area (Å²) >= 11 is 2.15. The smallest absolute Gasteiger partial charge is 0.315 e. The van der Waals surface area contributed by atoms with Gasteiger partial charge >= 0.3 is 5.97 Å². The zero-order chi connectivity index (χ0) is 9.90. The van der Waals surface area contributed by atoms with Crippen molar-refractivity contribution in [2.45, 2.75) is 31.8 Å². The molecule has 0 unspecified atom stereocenters. The van der Waals surface area contributed by atoms with Crippen molar-refractivity contribution >= 4 is 28.6 Å². The van der Waals surface area contributed by atoms with Crippen molar-refractivity contribution in [1.29, 1.82) is 0 Å². The Morgan fingerprint density at radius 1 is 1.69 bits per heavy atom. The van der Waals surface area contributed by atoms with Crippen LogP contribution in [0.3, 0.4) is 0 Å². The van der Waals surface area contributed by atoms with Crippen molar-refractivity contribution in [1.82, 2.24) is 0 Å². The minimum Gasteiger partial charge on any atom is -0.468 e. The van der Waals surface area contributed by atoms with E-state index in [0.29, 0.717) is 4.43 Å². The molecule has 4 heteroatoms. The number of alkyl halides is 1. The van der Waals surface area contributed by atoms with Crippen LogP contribution >= 0.6 is 22.6 Å². The van der Waals surface area contributed by atoms with Crippen molar-refractivity contribution in [3.8, 4) is 0 Å². The molecule has 0 aromatic rings. The summed E-state index contributed by atoms with van der Waals surface area (Å²) in [5, 5.41) is 9.82. The molecule has 0 bridgehead atoms. The van der Waals surface area contributed by atoms with Crippen LogP contribution in [0.25, 0.3) is 0 Å². The van der Waals surface area contributed by atoms with E-state index in [4.69, 9.17) is 4.74 Å². The number of methoxy groups -OCH3 is 1. The molecule has 0 spiro atoms. The van der Waals surface area contributed by atoms with Gasteiger partial charge in [0.1, 0.15) is 5.41 Å². The van der Waals surface area contributed by atoms with Crippen LogP contribution in [0, 0.1) is 5.41 Å². The van der Waals surface area contributed by atoms with E-state index in [-0.39, 0.29) is 5.97 Å². The fourth-order valence-electron chi connectivity index (χ4n) is 1.87. The van der Waals surface area contributed by atoms with Crippen LogP contribution in [0.5, 0.6) is 0 Å². The van der Waals surface area contributed by atoms with Gasteiger partial charge in [-0.2, -0.15) is 0 Å². The maximum Gasteiger partial charge on any atom is 0.315 e. The first-order valence-electron chi connectivity index (χ1n) is 4.50. The lowest BCUT2D eigenvalue weighted by atomic mass is 9.73. The molecular weight excluding hydrogens is 283 g/mol. The normalized spacial score (nSPS) is 34.2. The number of halogens is 1. The standard InChI is InChI=1S/C9H15IO3/c1-13-8(12)9(6-10)5-3-2-4-7(9)11/h7,11H,2-6H2,1H3/t7-,9-/m1/s1. The summed E-state index contributed by atoms with van der Waals surface area (Å²) < 4.78 is 5.39. The van der Waals surface area contributed by atoms with Gasteiger partial charge in [-0.25, -0.2) is 0 Å². The van der Waals surface area contributed by atoms with Crippen molar-refractivity contribution in [2.75, 3.05) is 11.5 Å². The molecule has 3 nitrogen and oxygen atoms in total. The lowest BCUT2D eigenvalue weighted by Gasteiger charge is -2.37. The number of aliphatic hydroxyl groups excluding tert-OH is 1. The largest absolute Gasteiger partial charge is 0.468 e. The van der Waals surface area contributed by atoms with Gasteiger partial charge in [-0.3, -0.25) is 4.79 Å². The monoisotopic (exact) mass is 298 g/mol. The minimum absolute atomic E-state index is 0.255. The highest BCUT2D eigenvalue weighted by atomic mass is 127. The summed E-state index contributed by atoms with van der Waals surface area (Å²) in [6.45, 7) is 0. The van der Waals surface area contributed by atoms with E-state index in [1.54, 1.807) is 0 Å². The van der Waals surface area contributed by atoms with Gasteiger partial charge in [0.25, 0.3) is 0 Å². The van der Waals surface area contributed by atoms with Crippen LogP contribution in [0.4, 0.5) is 0 Å². The summed E-state index contributed by atoms with van der Waals surface area (Å²) in [7, 11) is 1.39. The first-order valence-corrected chi connectivity index (χ1v) is 6.02. The summed E-state index contributed by atoms with van der Waals surface area (Å²) in [5.41, 5.74) is -0.631. The molecule has 1 aliphatic carbocycles. The average Bonchev–Trinajstić information content (AvgIpc) is 2.18. The van der Waals surface area contributed by atoms with Gasteiger partial charge in [0, 0.05) is 4.43 Å². The van der Waals surface area contributed by atoms with Crippen LogP contribution in [0.15, 0.2) is 0 Å². The van der Waals surface area contributed by atoms with Gasteiger partial charge in [0.15, 0.2) is 0 Å². The van der Waals surface area contributed by atoms with Crippen LogP contribution < -0.4 is 0 Å². The summed E-state index contributed by atoms with van der Waals surface area (Å²) in [6, 6.07) is 0. The third kappa shape index (κ3) is 1.98. The van der Waals surface area contributed by atoms with Gasteiger partial charge < -0.3 is 9.84 Å².